The molecule has 2 aromatic rings. The normalized spacial score (nSPS) is 10.6. The van der Waals surface area contributed by atoms with Crippen LogP contribution >= 0.6 is 0 Å². The molecule has 0 N–H and O–H groups in total. The molecule has 2 rings (SSSR count). The van der Waals surface area contributed by atoms with Crippen molar-refractivity contribution in [3.05, 3.63) is 41.0 Å². The van der Waals surface area contributed by atoms with Crippen molar-refractivity contribution in [2.75, 3.05) is 27.3 Å². The predicted octanol–water partition coefficient (Wildman–Crippen LogP) is 1.84. The van der Waals surface area contributed by atoms with Gasteiger partial charge in [0.15, 0.2) is 11.5 Å². The quantitative estimate of drug-likeness (QED) is 0.716. The van der Waals surface area contributed by atoms with Gasteiger partial charge in [0.05, 0.1) is 31.4 Å². The molecule has 134 valence electrons. The number of likely N-dealkylation sites (N-methyl/N-ethyl adjacent to an activating group) is 1. The number of nitrogens with zero attached hydrogens (tertiary/aromatic N) is 3. The predicted molar refractivity (Wildman–Crippen MR) is 96.2 cm³/mol. The molecule has 0 aliphatic carbocycles. The van der Waals surface area contributed by atoms with Crippen LogP contribution in [-0.4, -0.2) is 47.7 Å². The van der Waals surface area contributed by atoms with E-state index in [9.17, 15) is 9.59 Å². The third-order valence-corrected chi connectivity index (χ3v) is 3.83. The van der Waals surface area contributed by atoms with Crippen LogP contribution in [0, 0.1) is 0 Å². The maximum atomic E-state index is 12.7. The third kappa shape index (κ3) is 3.99. The number of hydrogen-bond acceptors (Lipinski definition) is 5. The zero-order valence-corrected chi connectivity index (χ0v) is 15.0. The van der Waals surface area contributed by atoms with Gasteiger partial charge in [0.2, 0.25) is 5.91 Å². The molecule has 1 aromatic carbocycles. The summed E-state index contributed by atoms with van der Waals surface area (Å²) in [5, 5.41) is 0.371. The first kappa shape index (κ1) is 18.5. The first-order valence-electron chi connectivity index (χ1n) is 7.94. The van der Waals surface area contributed by atoms with Gasteiger partial charge in [0.25, 0.3) is 5.56 Å². The summed E-state index contributed by atoms with van der Waals surface area (Å²) in [5.74, 6) is 0.777. The van der Waals surface area contributed by atoms with Crippen molar-refractivity contribution < 1.29 is 14.3 Å². The molecule has 0 saturated carbocycles. The summed E-state index contributed by atoms with van der Waals surface area (Å²) < 4.78 is 11.8. The van der Waals surface area contributed by atoms with Crippen molar-refractivity contribution in [3.8, 4) is 11.5 Å². The summed E-state index contributed by atoms with van der Waals surface area (Å²) in [6.45, 7) is 8.52. The Morgan fingerprint density at radius 2 is 1.92 bits per heavy atom. The molecule has 1 amide bonds. The topological polar surface area (TPSA) is 73.7 Å². The Labute approximate surface area is 146 Å². The van der Waals surface area contributed by atoms with E-state index in [-0.39, 0.29) is 18.0 Å². The lowest BCUT2D eigenvalue weighted by molar-refractivity contribution is -0.131. The molecule has 0 bridgehead atoms. The summed E-state index contributed by atoms with van der Waals surface area (Å²) in [4.78, 5) is 31.1. The molecule has 0 spiro atoms. The molecule has 1 aromatic heterocycles. The van der Waals surface area contributed by atoms with Gasteiger partial charge in [-0.3, -0.25) is 14.2 Å². The highest BCUT2D eigenvalue weighted by molar-refractivity contribution is 5.82. The summed E-state index contributed by atoms with van der Waals surface area (Å²) >= 11 is 0. The van der Waals surface area contributed by atoms with Gasteiger partial charge in [-0.1, -0.05) is 12.2 Å². The van der Waals surface area contributed by atoms with E-state index < -0.39 is 0 Å². The number of carbonyl (C=O) groups is 1. The summed E-state index contributed by atoms with van der Waals surface area (Å²) in [5.41, 5.74) is 1.07. The lowest BCUT2D eigenvalue weighted by Crippen LogP contribution is -2.37. The summed E-state index contributed by atoms with van der Waals surface area (Å²) in [6.07, 6.45) is 1.38. The highest BCUT2D eigenvalue weighted by Gasteiger charge is 2.15. The molecule has 0 aliphatic heterocycles. The van der Waals surface area contributed by atoms with Gasteiger partial charge in [0, 0.05) is 19.2 Å². The largest absolute Gasteiger partial charge is 0.493 e. The monoisotopic (exact) mass is 345 g/mol. The smallest absolute Gasteiger partial charge is 0.261 e. The Morgan fingerprint density at radius 1 is 1.28 bits per heavy atom. The minimum Gasteiger partial charge on any atom is -0.493 e. The fourth-order valence-corrected chi connectivity index (χ4v) is 2.55. The second kappa shape index (κ2) is 7.83. The molecule has 0 fully saturated rings. The Kier molecular flexibility index (Phi) is 5.80. The molecule has 0 saturated heterocycles. The number of methoxy groups -OCH3 is 2. The van der Waals surface area contributed by atoms with Crippen LogP contribution in [0.5, 0.6) is 11.5 Å². The highest BCUT2D eigenvalue weighted by atomic mass is 16.5. The zero-order valence-electron chi connectivity index (χ0n) is 15.0. The molecule has 0 aliphatic rings. The highest BCUT2D eigenvalue weighted by Crippen LogP contribution is 2.29. The van der Waals surface area contributed by atoms with Crippen molar-refractivity contribution in [3.63, 3.8) is 0 Å². The van der Waals surface area contributed by atoms with Crippen molar-refractivity contribution in [2.24, 2.45) is 0 Å². The van der Waals surface area contributed by atoms with Crippen LogP contribution < -0.4 is 15.0 Å². The van der Waals surface area contributed by atoms with Gasteiger partial charge in [-0.2, -0.15) is 0 Å². The number of amides is 1. The van der Waals surface area contributed by atoms with Crippen LogP contribution in [0.4, 0.5) is 0 Å². The van der Waals surface area contributed by atoms with E-state index in [0.717, 1.165) is 5.57 Å². The molecular weight excluding hydrogens is 322 g/mol. The molecule has 25 heavy (non-hydrogen) atoms. The van der Waals surface area contributed by atoms with Gasteiger partial charge in [-0.25, -0.2) is 4.98 Å². The first-order valence-corrected chi connectivity index (χ1v) is 7.94. The first-order chi connectivity index (χ1) is 11.9. The van der Waals surface area contributed by atoms with Gasteiger partial charge >= 0.3 is 0 Å². The van der Waals surface area contributed by atoms with Gasteiger partial charge in [0.1, 0.15) is 6.54 Å². The number of fused-ring (bicyclic) bond motifs is 1. The van der Waals surface area contributed by atoms with E-state index in [4.69, 9.17) is 9.47 Å². The second-order valence-corrected chi connectivity index (χ2v) is 5.77. The fourth-order valence-electron chi connectivity index (χ4n) is 2.55. The van der Waals surface area contributed by atoms with Crippen LogP contribution in [0.3, 0.4) is 0 Å². The molecular formula is C18H23N3O4. The molecule has 1 heterocycles. The molecule has 0 atom stereocenters. The molecule has 7 heteroatoms. The number of hydrogen-bond donors (Lipinski definition) is 0. The van der Waals surface area contributed by atoms with Crippen molar-refractivity contribution in [2.45, 2.75) is 20.4 Å². The Hall–Kier alpha value is -2.83. The number of carbonyl (C=O) groups excluding carboxylic acids is 1. The van der Waals surface area contributed by atoms with Gasteiger partial charge < -0.3 is 14.4 Å². The SMILES string of the molecule is C=C(C)CN(CC)C(=O)Cn1cnc2cc(OC)c(OC)cc2c1=O. The molecule has 7 nitrogen and oxygen atoms in total. The number of benzene rings is 1. The Bertz CT molecular complexity index is 857. The van der Waals surface area contributed by atoms with Crippen LogP contribution in [0.2, 0.25) is 0 Å². The molecule has 0 radical (unpaired) electrons. The average molecular weight is 345 g/mol. The maximum Gasteiger partial charge on any atom is 0.261 e. The van der Waals surface area contributed by atoms with Crippen LogP contribution in [-0.2, 0) is 11.3 Å². The van der Waals surface area contributed by atoms with Gasteiger partial charge in [-0.15, -0.1) is 0 Å². The number of aromatic nitrogens is 2. The van der Waals surface area contributed by atoms with E-state index >= 15 is 0 Å². The van der Waals surface area contributed by atoms with Gasteiger partial charge in [-0.05, 0) is 19.9 Å². The van der Waals surface area contributed by atoms with E-state index in [1.54, 1.807) is 17.0 Å². The van der Waals surface area contributed by atoms with Crippen molar-refractivity contribution >= 4 is 16.8 Å². The van der Waals surface area contributed by atoms with Crippen LogP contribution in [0.1, 0.15) is 13.8 Å². The van der Waals surface area contributed by atoms with Crippen LogP contribution in [0.25, 0.3) is 10.9 Å². The number of rotatable bonds is 7. The van der Waals surface area contributed by atoms with E-state index in [1.165, 1.54) is 25.1 Å². The lowest BCUT2D eigenvalue weighted by atomic mass is 10.2. The second-order valence-electron chi connectivity index (χ2n) is 5.77. The maximum absolute atomic E-state index is 12.7. The van der Waals surface area contributed by atoms with Crippen molar-refractivity contribution in [1.29, 1.82) is 0 Å². The lowest BCUT2D eigenvalue weighted by Gasteiger charge is -2.21. The minimum absolute atomic E-state index is 0.0722. The Balaban J connectivity index is 2.39. The van der Waals surface area contributed by atoms with Crippen LogP contribution in [0.15, 0.2) is 35.4 Å². The number of ether oxygens (including phenoxy) is 2. The zero-order chi connectivity index (χ0) is 18.6. The van der Waals surface area contributed by atoms with E-state index in [0.29, 0.717) is 35.5 Å². The van der Waals surface area contributed by atoms with E-state index in [2.05, 4.69) is 11.6 Å². The Morgan fingerprint density at radius 3 is 2.48 bits per heavy atom. The summed E-state index contributed by atoms with van der Waals surface area (Å²) in [6, 6.07) is 3.22. The van der Waals surface area contributed by atoms with Crippen molar-refractivity contribution in [1.82, 2.24) is 14.5 Å². The average Bonchev–Trinajstić information content (AvgIpc) is 2.60. The summed E-state index contributed by atoms with van der Waals surface area (Å²) in [7, 11) is 3.02. The third-order valence-electron chi connectivity index (χ3n) is 3.83. The standard InChI is InChI=1S/C18H23N3O4/c1-6-20(9-12(2)3)17(22)10-21-11-19-14-8-16(25-5)15(24-4)7-13(14)18(21)23/h7-8,11H,2,6,9-10H2,1,3-5H3. The minimum atomic E-state index is -0.300. The van der Waals surface area contributed by atoms with E-state index in [1.807, 2.05) is 13.8 Å². The molecule has 0 unspecified atom stereocenters. The fraction of sp³-hybridized carbons (Fsp3) is 0.389.